The quantitative estimate of drug-likeness (QED) is 0.846. The summed E-state index contributed by atoms with van der Waals surface area (Å²) in [5.74, 6) is 0.0677. The van der Waals surface area contributed by atoms with Crippen LogP contribution in [-0.4, -0.2) is 50.3 Å². The molecule has 0 saturated carbocycles. The van der Waals surface area contributed by atoms with Gasteiger partial charge in [0.25, 0.3) is 0 Å². The second-order valence-electron chi connectivity index (χ2n) is 6.67. The first kappa shape index (κ1) is 16.9. The summed E-state index contributed by atoms with van der Waals surface area (Å²) in [7, 11) is -3.56. The Morgan fingerprint density at radius 2 is 1.74 bits per heavy atom. The van der Waals surface area contributed by atoms with E-state index in [1.807, 2.05) is 0 Å². The number of hydrogen-bond donors (Lipinski definition) is 0. The lowest BCUT2D eigenvalue weighted by Crippen LogP contribution is -2.42. The van der Waals surface area contributed by atoms with Crippen LogP contribution in [0.1, 0.15) is 32.1 Å². The van der Waals surface area contributed by atoms with Gasteiger partial charge in [-0.25, -0.2) is 12.8 Å². The SMILES string of the molecule is O=S(=O)(c1cccc(F)c1)N1CCC(CN2CCCCC2)CC1. The average molecular weight is 340 g/mol. The number of rotatable bonds is 4. The van der Waals surface area contributed by atoms with E-state index in [0.29, 0.717) is 19.0 Å². The van der Waals surface area contributed by atoms with E-state index in [-0.39, 0.29) is 4.90 Å². The molecule has 4 nitrogen and oxygen atoms in total. The molecule has 1 aromatic carbocycles. The maximum atomic E-state index is 13.3. The molecule has 0 radical (unpaired) electrons. The molecule has 0 unspecified atom stereocenters. The first-order chi connectivity index (χ1) is 11.1. The Labute approximate surface area is 138 Å². The Hall–Kier alpha value is -0.980. The van der Waals surface area contributed by atoms with Gasteiger partial charge in [0.05, 0.1) is 4.90 Å². The molecule has 2 saturated heterocycles. The number of piperidine rings is 2. The van der Waals surface area contributed by atoms with Crippen molar-refractivity contribution in [1.82, 2.24) is 9.21 Å². The van der Waals surface area contributed by atoms with Crippen LogP contribution in [0.15, 0.2) is 29.2 Å². The van der Waals surface area contributed by atoms with Crippen molar-refractivity contribution in [3.05, 3.63) is 30.1 Å². The Balaban J connectivity index is 1.57. The van der Waals surface area contributed by atoms with Crippen molar-refractivity contribution in [3.63, 3.8) is 0 Å². The van der Waals surface area contributed by atoms with Gasteiger partial charge in [0, 0.05) is 19.6 Å². The molecular formula is C17H25FN2O2S. The van der Waals surface area contributed by atoms with Crippen molar-refractivity contribution < 1.29 is 12.8 Å². The summed E-state index contributed by atoms with van der Waals surface area (Å²) in [4.78, 5) is 2.58. The smallest absolute Gasteiger partial charge is 0.243 e. The normalized spacial score (nSPS) is 22.3. The van der Waals surface area contributed by atoms with Gasteiger partial charge in [-0.3, -0.25) is 0 Å². The minimum Gasteiger partial charge on any atom is -0.303 e. The van der Waals surface area contributed by atoms with Crippen LogP contribution >= 0.6 is 0 Å². The summed E-state index contributed by atoms with van der Waals surface area (Å²) < 4.78 is 40.0. The monoisotopic (exact) mass is 340 g/mol. The van der Waals surface area contributed by atoms with Crippen LogP contribution in [0.3, 0.4) is 0 Å². The second kappa shape index (κ2) is 7.28. The van der Waals surface area contributed by atoms with E-state index in [1.54, 1.807) is 0 Å². The fourth-order valence-electron chi connectivity index (χ4n) is 3.62. The number of sulfonamides is 1. The van der Waals surface area contributed by atoms with E-state index >= 15 is 0 Å². The average Bonchev–Trinajstić information content (AvgIpc) is 2.56. The first-order valence-corrected chi connectivity index (χ1v) is 9.98. The van der Waals surface area contributed by atoms with Gasteiger partial charge in [0.15, 0.2) is 0 Å². The molecule has 0 spiro atoms. The lowest BCUT2D eigenvalue weighted by molar-refractivity contribution is 0.161. The third-order valence-electron chi connectivity index (χ3n) is 4.97. The Morgan fingerprint density at radius 3 is 2.39 bits per heavy atom. The highest BCUT2D eigenvalue weighted by atomic mass is 32.2. The van der Waals surface area contributed by atoms with Crippen LogP contribution in [0.4, 0.5) is 4.39 Å². The molecule has 3 rings (SSSR count). The topological polar surface area (TPSA) is 40.6 Å². The summed E-state index contributed by atoms with van der Waals surface area (Å²) >= 11 is 0. The standard InChI is InChI=1S/C17H25FN2O2S/c18-16-5-4-6-17(13-16)23(21,22)20-11-7-15(8-12-20)14-19-9-2-1-3-10-19/h4-6,13,15H,1-3,7-12,14H2. The van der Waals surface area contributed by atoms with Crippen LogP contribution < -0.4 is 0 Å². The maximum Gasteiger partial charge on any atom is 0.243 e. The van der Waals surface area contributed by atoms with Crippen molar-refractivity contribution >= 4 is 10.0 Å². The van der Waals surface area contributed by atoms with Crippen molar-refractivity contribution in [3.8, 4) is 0 Å². The largest absolute Gasteiger partial charge is 0.303 e. The lowest BCUT2D eigenvalue weighted by Gasteiger charge is -2.35. The maximum absolute atomic E-state index is 13.3. The summed E-state index contributed by atoms with van der Waals surface area (Å²) in [5.41, 5.74) is 0. The minimum absolute atomic E-state index is 0.0620. The zero-order chi connectivity index (χ0) is 16.3. The summed E-state index contributed by atoms with van der Waals surface area (Å²) in [6, 6.07) is 5.29. The van der Waals surface area contributed by atoms with E-state index in [0.717, 1.165) is 25.5 Å². The predicted molar refractivity (Wildman–Crippen MR) is 88.2 cm³/mol. The van der Waals surface area contributed by atoms with Crippen molar-refractivity contribution in [1.29, 1.82) is 0 Å². The highest BCUT2D eigenvalue weighted by Gasteiger charge is 2.30. The van der Waals surface area contributed by atoms with Gasteiger partial charge in [0.2, 0.25) is 10.0 Å². The molecule has 2 heterocycles. The minimum atomic E-state index is -3.56. The molecule has 0 aliphatic carbocycles. The number of halogens is 1. The van der Waals surface area contributed by atoms with E-state index in [9.17, 15) is 12.8 Å². The molecule has 0 atom stereocenters. The molecule has 6 heteroatoms. The van der Waals surface area contributed by atoms with E-state index in [1.165, 1.54) is 54.9 Å². The van der Waals surface area contributed by atoms with E-state index in [4.69, 9.17) is 0 Å². The molecule has 0 bridgehead atoms. The van der Waals surface area contributed by atoms with Crippen LogP contribution in [0.2, 0.25) is 0 Å². The number of nitrogens with zero attached hydrogens (tertiary/aromatic N) is 2. The zero-order valence-electron chi connectivity index (χ0n) is 13.5. The fourth-order valence-corrected chi connectivity index (χ4v) is 5.12. The Morgan fingerprint density at radius 1 is 1.04 bits per heavy atom. The van der Waals surface area contributed by atoms with Gasteiger partial charge in [-0.1, -0.05) is 12.5 Å². The predicted octanol–water partition coefficient (Wildman–Crippen LogP) is 2.71. The molecule has 0 aromatic heterocycles. The van der Waals surface area contributed by atoms with Crippen LogP contribution in [0.25, 0.3) is 0 Å². The van der Waals surface area contributed by atoms with Gasteiger partial charge in [0.1, 0.15) is 5.82 Å². The molecular weight excluding hydrogens is 315 g/mol. The first-order valence-electron chi connectivity index (χ1n) is 8.54. The zero-order valence-corrected chi connectivity index (χ0v) is 14.3. The van der Waals surface area contributed by atoms with Gasteiger partial charge >= 0.3 is 0 Å². The molecule has 1 aromatic rings. The number of likely N-dealkylation sites (tertiary alicyclic amines) is 1. The van der Waals surface area contributed by atoms with Gasteiger partial charge in [-0.2, -0.15) is 4.31 Å². The van der Waals surface area contributed by atoms with Crippen molar-refractivity contribution in [2.75, 3.05) is 32.7 Å². The van der Waals surface area contributed by atoms with Crippen molar-refractivity contribution in [2.24, 2.45) is 5.92 Å². The fraction of sp³-hybridized carbons (Fsp3) is 0.647. The van der Waals surface area contributed by atoms with Crippen molar-refractivity contribution in [2.45, 2.75) is 37.0 Å². The highest BCUT2D eigenvalue weighted by molar-refractivity contribution is 7.89. The number of hydrogen-bond acceptors (Lipinski definition) is 3. The van der Waals surface area contributed by atoms with Gasteiger partial charge < -0.3 is 4.90 Å². The third-order valence-corrected chi connectivity index (χ3v) is 6.87. The number of benzene rings is 1. The Kier molecular flexibility index (Phi) is 5.34. The molecule has 23 heavy (non-hydrogen) atoms. The van der Waals surface area contributed by atoms with Gasteiger partial charge in [-0.15, -0.1) is 0 Å². The molecule has 2 aliphatic heterocycles. The second-order valence-corrected chi connectivity index (χ2v) is 8.60. The molecule has 0 N–H and O–H groups in total. The Bertz CT molecular complexity index is 621. The van der Waals surface area contributed by atoms with Crippen LogP contribution in [0, 0.1) is 11.7 Å². The van der Waals surface area contributed by atoms with Gasteiger partial charge in [-0.05, 0) is 62.9 Å². The summed E-state index contributed by atoms with van der Waals surface area (Å²) in [6.45, 7) is 4.53. The van der Waals surface area contributed by atoms with E-state index < -0.39 is 15.8 Å². The van der Waals surface area contributed by atoms with Crippen LogP contribution in [0.5, 0.6) is 0 Å². The molecule has 0 amide bonds. The van der Waals surface area contributed by atoms with Crippen LogP contribution in [-0.2, 0) is 10.0 Å². The molecule has 2 aliphatic rings. The third kappa shape index (κ3) is 4.11. The summed E-state index contributed by atoms with van der Waals surface area (Å²) in [6.07, 6.45) is 5.69. The summed E-state index contributed by atoms with van der Waals surface area (Å²) in [5, 5.41) is 0. The highest BCUT2D eigenvalue weighted by Crippen LogP contribution is 2.25. The lowest BCUT2D eigenvalue weighted by atomic mass is 9.96. The molecule has 2 fully saturated rings. The molecule has 128 valence electrons. The van der Waals surface area contributed by atoms with E-state index in [2.05, 4.69) is 4.90 Å².